The number of hydrogen-bond acceptors (Lipinski definition) is 1. The molecule has 0 saturated heterocycles. The van der Waals surface area contributed by atoms with E-state index in [1.807, 2.05) is 11.8 Å². The maximum absolute atomic E-state index is 2.52. The van der Waals surface area contributed by atoms with Gasteiger partial charge in [0.1, 0.15) is 0 Å². The molecule has 9 aromatic rings. The van der Waals surface area contributed by atoms with Crippen LogP contribution in [0.15, 0.2) is 155 Å². The number of rotatable bonds is 6. The molecule has 0 amide bonds. The Bertz CT molecular complexity index is 2920. The van der Waals surface area contributed by atoms with Crippen molar-refractivity contribution in [1.82, 2.24) is 9.13 Å². The highest BCUT2D eigenvalue weighted by Gasteiger charge is 2.36. The molecular formula is C51H45BN2S. The van der Waals surface area contributed by atoms with Crippen molar-refractivity contribution < 1.29 is 0 Å². The monoisotopic (exact) mass is 728 g/mol. The van der Waals surface area contributed by atoms with E-state index in [1.54, 1.807) is 0 Å². The van der Waals surface area contributed by atoms with Crippen molar-refractivity contribution >= 4 is 78.5 Å². The summed E-state index contributed by atoms with van der Waals surface area (Å²) in [5, 5.41) is 5.11. The summed E-state index contributed by atoms with van der Waals surface area (Å²) in [6.45, 7) is 14.3. The van der Waals surface area contributed by atoms with Crippen LogP contribution in [0, 0.1) is 0 Å². The van der Waals surface area contributed by atoms with Gasteiger partial charge in [-0.05, 0) is 89.0 Å². The van der Waals surface area contributed by atoms with E-state index in [2.05, 4.69) is 196 Å². The molecule has 2 nitrogen and oxygen atoms in total. The SMILES string of the molecule is CC(C)c1cc(C(C)C)c(B2c3ccccc3Sc3cc(-n4c5ccccc5c5cc6c7ccccc7n(-c7ccccc7)c6cc54)ccc32)c(C(C)C)c1. The minimum atomic E-state index is 0.164. The van der Waals surface area contributed by atoms with Gasteiger partial charge in [0.15, 0.2) is 0 Å². The van der Waals surface area contributed by atoms with Crippen molar-refractivity contribution in [2.75, 3.05) is 0 Å². The smallest absolute Gasteiger partial charge is 0.244 e. The van der Waals surface area contributed by atoms with Gasteiger partial charge in [0.25, 0.3) is 0 Å². The summed E-state index contributed by atoms with van der Waals surface area (Å²) >= 11 is 1.93. The van der Waals surface area contributed by atoms with Crippen molar-refractivity contribution in [3.63, 3.8) is 0 Å². The Morgan fingerprint density at radius 3 is 1.58 bits per heavy atom. The number of para-hydroxylation sites is 3. The largest absolute Gasteiger partial charge is 0.309 e. The first kappa shape index (κ1) is 34.1. The Morgan fingerprint density at radius 2 is 0.964 bits per heavy atom. The molecule has 3 heterocycles. The van der Waals surface area contributed by atoms with Gasteiger partial charge >= 0.3 is 0 Å². The van der Waals surface area contributed by atoms with Crippen LogP contribution in [0.5, 0.6) is 0 Å². The lowest BCUT2D eigenvalue weighted by Gasteiger charge is -2.32. The molecule has 0 bridgehead atoms. The van der Waals surface area contributed by atoms with Crippen molar-refractivity contribution in [3.8, 4) is 11.4 Å². The Balaban J connectivity index is 1.23. The van der Waals surface area contributed by atoms with Crippen LogP contribution in [0.1, 0.15) is 76.0 Å². The average Bonchev–Trinajstić information content (AvgIpc) is 3.70. The molecule has 1 aliphatic rings. The molecule has 0 unspecified atom stereocenters. The fraction of sp³-hybridized carbons (Fsp3) is 0.176. The fourth-order valence-electron chi connectivity index (χ4n) is 9.31. The van der Waals surface area contributed by atoms with E-state index in [1.165, 1.54) is 97.9 Å². The van der Waals surface area contributed by atoms with Gasteiger partial charge in [-0.3, -0.25) is 0 Å². The van der Waals surface area contributed by atoms with Crippen LogP contribution >= 0.6 is 11.8 Å². The van der Waals surface area contributed by atoms with E-state index in [9.17, 15) is 0 Å². The standard InChI is InChI=1S/C51H45BN2S/c1-31(2)34-26-39(32(3)4)51(40(27-34)33(5)6)52-43-20-12-15-23-49(43)55-50-28-36(24-25-44(50)52)54-46-22-14-11-19-38(46)42-29-41-37-18-10-13-21-45(37)53(47(41)30-48(42)54)35-16-8-7-9-17-35/h7-33H,1-6H3. The third-order valence-corrected chi connectivity index (χ3v) is 13.1. The van der Waals surface area contributed by atoms with E-state index < -0.39 is 0 Å². The van der Waals surface area contributed by atoms with Gasteiger partial charge in [-0.15, -0.1) is 0 Å². The summed E-state index contributed by atoms with van der Waals surface area (Å²) in [5.74, 6) is 1.31. The Morgan fingerprint density at radius 1 is 0.418 bits per heavy atom. The van der Waals surface area contributed by atoms with Gasteiger partial charge in [-0.25, -0.2) is 0 Å². The minimum Gasteiger partial charge on any atom is -0.309 e. The summed E-state index contributed by atoms with van der Waals surface area (Å²) in [7, 11) is 0. The van der Waals surface area contributed by atoms with Gasteiger partial charge in [-0.2, -0.15) is 0 Å². The highest BCUT2D eigenvalue weighted by Crippen LogP contribution is 2.41. The lowest BCUT2D eigenvalue weighted by atomic mass is 9.34. The zero-order valence-electron chi connectivity index (χ0n) is 32.5. The van der Waals surface area contributed by atoms with Gasteiger partial charge in [0.05, 0.1) is 22.1 Å². The molecule has 4 heteroatoms. The fourth-order valence-corrected chi connectivity index (χ4v) is 10.5. The van der Waals surface area contributed by atoms with Crippen LogP contribution in [0.2, 0.25) is 0 Å². The second-order valence-corrected chi connectivity index (χ2v) is 17.4. The zero-order valence-corrected chi connectivity index (χ0v) is 33.3. The molecule has 0 saturated carbocycles. The Labute approximate surface area is 328 Å². The topological polar surface area (TPSA) is 9.86 Å². The van der Waals surface area contributed by atoms with Crippen molar-refractivity contribution in [3.05, 3.63) is 162 Å². The van der Waals surface area contributed by atoms with Crippen molar-refractivity contribution in [1.29, 1.82) is 0 Å². The molecule has 2 aromatic heterocycles. The first-order valence-electron chi connectivity index (χ1n) is 19.9. The molecule has 1 aliphatic heterocycles. The number of nitrogens with zero attached hydrogens (tertiary/aromatic N) is 2. The zero-order chi connectivity index (χ0) is 37.5. The number of benzene rings is 7. The average molecular weight is 729 g/mol. The molecule has 10 rings (SSSR count). The van der Waals surface area contributed by atoms with Crippen LogP contribution in [0.3, 0.4) is 0 Å². The highest BCUT2D eigenvalue weighted by molar-refractivity contribution is 8.00. The normalized spacial score (nSPS) is 12.9. The molecule has 7 aromatic carbocycles. The maximum Gasteiger partial charge on any atom is 0.244 e. The van der Waals surface area contributed by atoms with Crippen LogP contribution in [0.4, 0.5) is 0 Å². The lowest BCUT2D eigenvalue weighted by molar-refractivity contribution is 0.812. The number of hydrogen-bond donors (Lipinski definition) is 0. The summed E-state index contributed by atoms with van der Waals surface area (Å²) in [4.78, 5) is 2.69. The van der Waals surface area contributed by atoms with Crippen molar-refractivity contribution in [2.45, 2.75) is 69.1 Å². The quantitative estimate of drug-likeness (QED) is 0.155. The second kappa shape index (κ2) is 13.1. The Hall–Kier alpha value is -5.45. The van der Waals surface area contributed by atoms with Gasteiger partial charge in [0.2, 0.25) is 6.71 Å². The molecule has 0 spiro atoms. The first-order chi connectivity index (χ1) is 26.8. The molecule has 0 N–H and O–H groups in total. The molecule has 0 aliphatic carbocycles. The van der Waals surface area contributed by atoms with Crippen LogP contribution in [-0.4, -0.2) is 15.8 Å². The molecule has 0 radical (unpaired) electrons. The van der Waals surface area contributed by atoms with Crippen LogP contribution < -0.4 is 16.4 Å². The second-order valence-electron chi connectivity index (χ2n) is 16.3. The molecular weight excluding hydrogens is 683 g/mol. The highest BCUT2D eigenvalue weighted by atomic mass is 32.2. The van der Waals surface area contributed by atoms with Gasteiger partial charge < -0.3 is 9.13 Å². The maximum atomic E-state index is 2.52. The van der Waals surface area contributed by atoms with Gasteiger partial charge in [0, 0.05) is 42.7 Å². The van der Waals surface area contributed by atoms with Crippen LogP contribution in [-0.2, 0) is 0 Å². The van der Waals surface area contributed by atoms with Gasteiger partial charge in [-0.1, -0.05) is 161 Å². The van der Waals surface area contributed by atoms with E-state index in [4.69, 9.17) is 0 Å². The van der Waals surface area contributed by atoms with E-state index in [0.29, 0.717) is 17.8 Å². The Kier molecular flexibility index (Phi) is 8.12. The first-order valence-corrected chi connectivity index (χ1v) is 20.7. The molecule has 55 heavy (non-hydrogen) atoms. The minimum absolute atomic E-state index is 0.164. The summed E-state index contributed by atoms with van der Waals surface area (Å²) < 4.78 is 4.93. The number of aromatic nitrogens is 2. The molecule has 268 valence electrons. The van der Waals surface area contributed by atoms with E-state index >= 15 is 0 Å². The molecule has 0 atom stereocenters. The summed E-state index contributed by atoms with van der Waals surface area (Å²) in [5.41, 5.74) is 16.0. The van der Waals surface area contributed by atoms with E-state index in [0.717, 1.165) is 0 Å². The van der Waals surface area contributed by atoms with Crippen LogP contribution in [0.25, 0.3) is 55.0 Å². The summed E-state index contributed by atoms with van der Waals surface area (Å²) in [6, 6.07) is 54.9. The molecule has 0 fully saturated rings. The van der Waals surface area contributed by atoms with Crippen molar-refractivity contribution in [2.24, 2.45) is 0 Å². The predicted molar refractivity (Wildman–Crippen MR) is 239 cm³/mol. The summed E-state index contributed by atoms with van der Waals surface area (Å²) in [6.07, 6.45) is 0. The van der Waals surface area contributed by atoms with E-state index in [-0.39, 0.29) is 6.71 Å². The lowest BCUT2D eigenvalue weighted by Crippen LogP contribution is -2.57. The number of fused-ring (bicyclic) bond motifs is 8. The third kappa shape index (κ3) is 5.33. The third-order valence-electron chi connectivity index (χ3n) is 12.0. The predicted octanol–water partition coefficient (Wildman–Crippen LogP) is 12.2.